The first-order valence-electron chi connectivity index (χ1n) is 7.79. The van der Waals surface area contributed by atoms with Crippen LogP contribution in [0.15, 0.2) is 54.7 Å². The molecule has 3 aromatic rings. The summed E-state index contributed by atoms with van der Waals surface area (Å²) in [6.07, 6.45) is 1.36. The molecule has 0 unspecified atom stereocenters. The second-order valence-corrected chi connectivity index (χ2v) is 5.92. The van der Waals surface area contributed by atoms with E-state index in [1.54, 1.807) is 30.3 Å². The van der Waals surface area contributed by atoms with Crippen molar-refractivity contribution in [2.75, 3.05) is 17.7 Å². The summed E-state index contributed by atoms with van der Waals surface area (Å²) in [5.74, 6) is -1.46. The van der Waals surface area contributed by atoms with Crippen LogP contribution in [-0.4, -0.2) is 18.0 Å². The van der Waals surface area contributed by atoms with E-state index in [0.29, 0.717) is 33.5 Å². The molecule has 0 bridgehead atoms. The van der Waals surface area contributed by atoms with Crippen molar-refractivity contribution >= 4 is 34.7 Å². The minimum atomic E-state index is -0.966. The minimum absolute atomic E-state index is 0.299. The summed E-state index contributed by atoms with van der Waals surface area (Å²) in [5.41, 5.74) is 1.06. The van der Waals surface area contributed by atoms with E-state index < -0.39 is 17.5 Å². The standard InChI is InChI=1S/C19H14ClF2N3O2/c1-27-17-6-3-12(20)8-16(17)25-19(26)11-2-7-18(23-10-11)24-13-4-5-14(21)15(22)9-13/h2-10H,1H3,(H,23,24)(H,25,26). The van der Waals surface area contributed by atoms with Gasteiger partial charge >= 0.3 is 0 Å². The largest absolute Gasteiger partial charge is 0.495 e. The van der Waals surface area contributed by atoms with Gasteiger partial charge in [-0.2, -0.15) is 0 Å². The average Bonchev–Trinajstić information content (AvgIpc) is 2.65. The fourth-order valence-electron chi connectivity index (χ4n) is 2.30. The van der Waals surface area contributed by atoms with Crippen molar-refractivity contribution in [3.8, 4) is 5.75 Å². The van der Waals surface area contributed by atoms with Crippen LogP contribution >= 0.6 is 11.6 Å². The van der Waals surface area contributed by atoms with E-state index in [1.807, 2.05) is 0 Å². The van der Waals surface area contributed by atoms with Crippen LogP contribution in [0.3, 0.4) is 0 Å². The number of amides is 1. The molecular formula is C19H14ClF2N3O2. The van der Waals surface area contributed by atoms with Gasteiger partial charge in [0.15, 0.2) is 11.6 Å². The number of carbonyl (C=O) groups excluding carboxylic acids is 1. The molecule has 138 valence electrons. The Kier molecular flexibility index (Phi) is 5.52. The topological polar surface area (TPSA) is 63.2 Å². The number of halogens is 3. The summed E-state index contributed by atoms with van der Waals surface area (Å²) >= 11 is 5.94. The second kappa shape index (κ2) is 8.01. The molecule has 0 fully saturated rings. The molecule has 0 saturated carbocycles. The number of methoxy groups -OCH3 is 1. The number of rotatable bonds is 5. The van der Waals surface area contributed by atoms with E-state index in [0.717, 1.165) is 12.1 Å². The molecule has 0 atom stereocenters. The Morgan fingerprint density at radius 2 is 1.89 bits per heavy atom. The Hall–Kier alpha value is -3.19. The van der Waals surface area contributed by atoms with Gasteiger partial charge in [0.05, 0.1) is 18.4 Å². The number of carbonyl (C=O) groups is 1. The van der Waals surface area contributed by atoms with Gasteiger partial charge in [0, 0.05) is 23.0 Å². The lowest BCUT2D eigenvalue weighted by atomic mass is 10.2. The van der Waals surface area contributed by atoms with E-state index in [4.69, 9.17) is 16.3 Å². The SMILES string of the molecule is COc1ccc(Cl)cc1NC(=O)c1ccc(Nc2ccc(F)c(F)c2)nc1. The predicted octanol–water partition coefficient (Wildman–Crippen LogP) is 5.02. The molecule has 1 aromatic heterocycles. The number of aromatic nitrogens is 1. The summed E-state index contributed by atoms with van der Waals surface area (Å²) in [6, 6.07) is 11.4. The van der Waals surface area contributed by atoms with Crippen LogP contribution in [0.5, 0.6) is 5.75 Å². The fraction of sp³-hybridized carbons (Fsp3) is 0.0526. The number of pyridine rings is 1. The van der Waals surface area contributed by atoms with Crippen molar-refractivity contribution in [3.63, 3.8) is 0 Å². The Morgan fingerprint density at radius 1 is 1.07 bits per heavy atom. The maximum atomic E-state index is 13.2. The fourth-order valence-corrected chi connectivity index (χ4v) is 2.47. The first kappa shape index (κ1) is 18.6. The summed E-state index contributed by atoms with van der Waals surface area (Å²) in [5, 5.41) is 5.98. The summed E-state index contributed by atoms with van der Waals surface area (Å²) < 4.78 is 31.4. The second-order valence-electron chi connectivity index (χ2n) is 5.48. The molecule has 0 aliphatic rings. The van der Waals surface area contributed by atoms with Gasteiger partial charge in [-0.1, -0.05) is 11.6 Å². The van der Waals surface area contributed by atoms with Crippen LogP contribution in [-0.2, 0) is 0 Å². The number of ether oxygens (including phenoxy) is 1. The molecule has 8 heteroatoms. The average molecular weight is 390 g/mol. The molecule has 1 amide bonds. The van der Waals surface area contributed by atoms with Crippen molar-refractivity contribution in [2.24, 2.45) is 0 Å². The number of nitrogens with one attached hydrogen (secondary N) is 2. The first-order chi connectivity index (χ1) is 13.0. The van der Waals surface area contributed by atoms with E-state index in [9.17, 15) is 13.6 Å². The van der Waals surface area contributed by atoms with Crippen LogP contribution in [0.4, 0.5) is 26.0 Å². The molecule has 2 N–H and O–H groups in total. The van der Waals surface area contributed by atoms with Gasteiger partial charge < -0.3 is 15.4 Å². The van der Waals surface area contributed by atoms with Crippen molar-refractivity contribution in [3.05, 3.63) is 76.9 Å². The van der Waals surface area contributed by atoms with Gasteiger partial charge in [-0.05, 0) is 42.5 Å². The summed E-state index contributed by atoms with van der Waals surface area (Å²) in [4.78, 5) is 16.5. The molecule has 0 aliphatic carbocycles. The molecule has 27 heavy (non-hydrogen) atoms. The highest BCUT2D eigenvalue weighted by atomic mass is 35.5. The molecule has 0 radical (unpaired) electrons. The monoisotopic (exact) mass is 389 g/mol. The third-order valence-electron chi connectivity index (χ3n) is 3.63. The molecule has 0 spiro atoms. The van der Waals surface area contributed by atoms with Gasteiger partial charge in [-0.3, -0.25) is 4.79 Å². The molecule has 1 heterocycles. The van der Waals surface area contributed by atoms with E-state index in [1.165, 1.54) is 19.4 Å². The maximum absolute atomic E-state index is 13.2. The lowest BCUT2D eigenvalue weighted by molar-refractivity contribution is 0.102. The van der Waals surface area contributed by atoms with Crippen LogP contribution < -0.4 is 15.4 Å². The third kappa shape index (κ3) is 4.51. The third-order valence-corrected chi connectivity index (χ3v) is 3.86. The van der Waals surface area contributed by atoms with Crippen molar-refractivity contribution in [1.29, 1.82) is 0 Å². The van der Waals surface area contributed by atoms with Gasteiger partial charge in [0.25, 0.3) is 5.91 Å². The van der Waals surface area contributed by atoms with Gasteiger partial charge in [0.1, 0.15) is 11.6 Å². The van der Waals surface area contributed by atoms with Crippen molar-refractivity contribution < 1.29 is 18.3 Å². The highest BCUT2D eigenvalue weighted by Crippen LogP contribution is 2.28. The highest BCUT2D eigenvalue weighted by Gasteiger charge is 2.11. The Labute approximate surface area is 159 Å². The molecule has 3 rings (SSSR count). The van der Waals surface area contributed by atoms with Crippen LogP contribution in [0, 0.1) is 11.6 Å². The maximum Gasteiger partial charge on any atom is 0.257 e. The molecule has 0 saturated heterocycles. The summed E-state index contributed by atoms with van der Waals surface area (Å²) in [6.45, 7) is 0. The minimum Gasteiger partial charge on any atom is -0.495 e. The molecular weight excluding hydrogens is 376 g/mol. The zero-order valence-electron chi connectivity index (χ0n) is 14.1. The van der Waals surface area contributed by atoms with Crippen LogP contribution in [0.2, 0.25) is 5.02 Å². The van der Waals surface area contributed by atoms with E-state index >= 15 is 0 Å². The quantitative estimate of drug-likeness (QED) is 0.643. The van der Waals surface area contributed by atoms with E-state index in [-0.39, 0.29) is 0 Å². The van der Waals surface area contributed by atoms with Gasteiger partial charge in [-0.15, -0.1) is 0 Å². The van der Waals surface area contributed by atoms with Crippen LogP contribution in [0.1, 0.15) is 10.4 Å². The van der Waals surface area contributed by atoms with Crippen molar-refractivity contribution in [2.45, 2.75) is 0 Å². The molecule has 5 nitrogen and oxygen atoms in total. The highest BCUT2D eigenvalue weighted by molar-refractivity contribution is 6.31. The molecule has 0 aliphatic heterocycles. The predicted molar refractivity (Wildman–Crippen MR) is 99.8 cm³/mol. The van der Waals surface area contributed by atoms with Gasteiger partial charge in [0.2, 0.25) is 0 Å². The first-order valence-corrected chi connectivity index (χ1v) is 8.17. The Morgan fingerprint density at radius 3 is 2.56 bits per heavy atom. The Bertz CT molecular complexity index is 981. The number of hydrogen-bond donors (Lipinski definition) is 2. The number of nitrogens with zero attached hydrogens (tertiary/aromatic N) is 1. The Balaban J connectivity index is 1.72. The number of anilines is 3. The number of hydrogen-bond acceptors (Lipinski definition) is 4. The zero-order valence-corrected chi connectivity index (χ0v) is 14.8. The normalized spacial score (nSPS) is 10.4. The summed E-state index contributed by atoms with van der Waals surface area (Å²) in [7, 11) is 1.49. The lowest BCUT2D eigenvalue weighted by Crippen LogP contribution is -2.13. The smallest absolute Gasteiger partial charge is 0.257 e. The molecule has 2 aromatic carbocycles. The van der Waals surface area contributed by atoms with E-state index in [2.05, 4.69) is 15.6 Å². The zero-order chi connectivity index (χ0) is 19.4. The lowest BCUT2D eigenvalue weighted by Gasteiger charge is -2.11. The van der Waals surface area contributed by atoms with Crippen LogP contribution in [0.25, 0.3) is 0 Å². The van der Waals surface area contributed by atoms with Gasteiger partial charge in [-0.25, -0.2) is 13.8 Å². The number of benzene rings is 2. The van der Waals surface area contributed by atoms with Crippen molar-refractivity contribution in [1.82, 2.24) is 4.98 Å².